The molecule has 0 aliphatic carbocycles. The van der Waals surface area contributed by atoms with Gasteiger partial charge in [-0.1, -0.05) is 32.9 Å². The molecule has 0 spiro atoms. The summed E-state index contributed by atoms with van der Waals surface area (Å²) in [4.78, 5) is 25.8. The lowest BCUT2D eigenvalue weighted by atomic mass is 9.87. The third kappa shape index (κ3) is 3.48. The second-order valence-corrected chi connectivity index (χ2v) is 6.63. The number of nitrogens with one attached hydrogen (secondary N) is 3. The highest BCUT2D eigenvalue weighted by Crippen LogP contribution is 2.23. The van der Waals surface area contributed by atoms with Crippen molar-refractivity contribution >= 4 is 28.5 Å². The number of urea groups is 1. The molecule has 0 fully saturated rings. The molecular weight excluding hydrogens is 306 g/mol. The Kier molecular flexibility index (Phi) is 3.89. The zero-order chi connectivity index (χ0) is 17.3. The average Bonchev–Trinajstić information content (AvgIpc) is 2.86. The van der Waals surface area contributed by atoms with E-state index in [9.17, 15) is 9.59 Å². The third-order valence-corrected chi connectivity index (χ3v) is 3.69. The van der Waals surface area contributed by atoms with E-state index in [1.54, 1.807) is 18.2 Å². The van der Waals surface area contributed by atoms with Crippen LogP contribution in [0.25, 0.3) is 11.1 Å². The van der Waals surface area contributed by atoms with Crippen LogP contribution >= 0.6 is 0 Å². The summed E-state index contributed by atoms with van der Waals surface area (Å²) in [7, 11) is 0. The number of aromatic amines is 1. The van der Waals surface area contributed by atoms with Gasteiger partial charge >= 0.3 is 11.8 Å². The smallest absolute Gasteiger partial charge is 0.408 e. The van der Waals surface area contributed by atoms with Crippen LogP contribution in [0.5, 0.6) is 0 Å². The summed E-state index contributed by atoms with van der Waals surface area (Å²) in [5.74, 6) is -0.523. The Morgan fingerprint density at radius 2 is 1.62 bits per heavy atom. The lowest BCUT2D eigenvalue weighted by molar-refractivity contribution is 0.262. The fourth-order valence-electron chi connectivity index (χ4n) is 2.37. The lowest BCUT2D eigenvalue weighted by Crippen LogP contribution is -2.19. The van der Waals surface area contributed by atoms with E-state index in [1.807, 2.05) is 24.3 Å². The van der Waals surface area contributed by atoms with E-state index in [0.717, 1.165) is 0 Å². The van der Waals surface area contributed by atoms with Crippen LogP contribution in [0.1, 0.15) is 26.3 Å². The predicted octanol–water partition coefficient (Wildman–Crippen LogP) is 4.06. The molecule has 124 valence electrons. The van der Waals surface area contributed by atoms with Gasteiger partial charge in [-0.2, -0.15) is 0 Å². The van der Waals surface area contributed by atoms with Gasteiger partial charge in [0.05, 0.1) is 5.52 Å². The summed E-state index contributed by atoms with van der Waals surface area (Å²) < 4.78 is 4.97. The molecule has 0 saturated carbocycles. The molecule has 0 bridgehead atoms. The van der Waals surface area contributed by atoms with E-state index >= 15 is 0 Å². The quantitative estimate of drug-likeness (QED) is 0.664. The number of aromatic nitrogens is 1. The van der Waals surface area contributed by atoms with E-state index in [2.05, 4.69) is 36.4 Å². The maximum Gasteiger partial charge on any atom is 0.417 e. The summed E-state index contributed by atoms with van der Waals surface area (Å²) in [6.07, 6.45) is 0. The molecule has 3 rings (SSSR count). The van der Waals surface area contributed by atoms with Crippen molar-refractivity contribution in [1.82, 2.24) is 4.98 Å². The van der Waals surface area contributed by atoms with Crippen molar-refractivity contribution in [3.8, 4) is 0 Å². The highest BCUT2D eigenvalue weighted by Gasteiger charge is 2.13. The van der Waals surface area contributed by atoms with Crippen molar-refractivity contribution in [2.45, 2.75) is 26.2 Å². The number of fused-ring (bicyclic) bond motifs is 1. The first-order chi connectivity index (χ1) is 11.3. The molecule has 3 N–H and O–H groups in total. The summed E-state index contributed by atoms with van der Waals surface area (Å²) in [5, 5.41) is 5.48. The van der Waals surface area contributed by atoms with Crippen LogP contribution in [-0.2, 0) is 5.41 Å². The highest BCUT2D eigenvalue weighted by molar-refractivity contribution is 6.00. The maximum absolute atomic E-state index is 12.1. The molecule has 2 amide bonds. The van der Waals surface area contributed by atoms with Gasteiger partial charge in [0.25, 0.3) is 0 Å². The van der Waals surface area contributed by atoms with Gasteiger partial charge in [-0.3, -0.25) is 4.98 Å². The predicted molar refractivity (Wildman–Crippen MR) is 94.6 cm³/mol. The minimum absolute atomic E-state index is 0.0661. The molecular formula is C18H19N3O3. The first-order valence-electron chi connectivity index (χ1n) is 7.63. The average molecular weight is 325 g/mol. The zero-order valence-corrected chi connectivity index (χ0v) is 13.8. The number of oxazole rings is 1. The highest BCUT2D eigenvalue weighted by atomic mass is 16.4. The van der Waals surface area contributed by atoms with Crippen LogP contribution in [0.2, 0.25) is 0 Å². The van der Waals surface area contributed by atoms with Crippen molar-refractivity contribution in [2.75, 3.05) is 10.6 Å². The minimum atomic E-state index is -0.523. The van der Waals surface area contributed by atoms with Crippen LogP contribution in [0.15, 0.2) is 51.7 Å². The molecule has 0 aliphatic rings. The number of carbonyl (C=O) groups is 1. The lowest BCUT2D eigenvalue weighted by Gasteiger charge is -2.19. The van der Waals surface area contributed by atoms with E-state index in [0.29, 0.717) is 22.5 Å². The third-order valence-electron chi connectivity index (χ3n) is 3.69. The van der Waals surface area contributed by atoms with Crippen molar-refractivity contribution in [3.05, 3.63) is 58.6 Å². The van der Waals surface area contributed by atoms with Gasteiger partial charge in [0.15, 0.2) is 5.58 Å². The van der Waals surface area contributed by atoms with Crippen molar-refractivity contribution < 1.29 is 9.21 Å². The van der Waals surface area contributed by atoms with Crippen LogP contribution in [0.4, 0.5) is 16.2 Å². The Labute approximate surface area is 138 Å². The summed E-state index contributed by atoms with van der Waals surface area (Å²) in [6.45, 7) is 6.41. The van der Waals surface area contributed by atoms with Crippen LogP contribution in [0.3, 0.4) is 0 Å². The molecule has 6 heteroatoms. The monoisotopic (exact) mass is 325 g/mol. The molecule has 0 saturated heterocycles. The van der Waals surface area contributed by atoms with Crippen molar-refractivity contribution in [1.29, 1.82) is 0 Å². The number of hydrogen-bond donors (Lipinski definition) is 3. The molecule has 0 aliphatic heterocycles. The number of amides is 2. The second kappa shape index (κ2) is 5.88. The van der Waals surface area contributed by atoms with E-state index in [-0.39, 0.29) is 11.4 Å². The fraction of sp³-hybridized carbons (Fsp3) is 0.222. The van der Waals surface area contributed by atoms with Gasteiger partial charge in [-0.25, -0.2) is 9.59 Å². The SMILES string of the molecule is CC(C)(C)c1ccc(NC(=O)Nc2ccc3[nH]c(=O)oc3c2)cc1. The van der Waals surface area contributed by atoms with Crippen LogP contribution < -0.4 is 16.4 Å². The zero-order valence-electron chi connectivity index (χ0n) is 13.8. The molecule has 0 atom stereocenters. The largest absolute Gasteiger partial charge is 0.417 e. The molecule has 6 nitrogen and oxygen atoms in total. The Morgan fingerprint density at radius 3 is 2.29 bits per heavy atom. The van der Waals surface area contributed by atoms with E-state index < -0.39 is 5.76 Å². The Balaban J connectivity index is 1.69. The molecule has 1 aromatic heterocycles. The van der Waals surface area contributed by atoms with Gasteiger partial charge in [-0.15, -0.1) is 0 Å². The number of hydrogen-bond acceptors (Lipinski definition) is 3. The van der Waals surface area contributed by atoms with Gasteiger partial charge < -0.3 is 15.1 Å². The molecule has 3 aromatic rings. The number of H-pyrrole nitrogens is 1. The van der Waals surface area contributed by atoms with Crippen molar-refractivity contribution in [2.24, 2.45) is 0 Å². The molecule has 1 heterocycles. The first-order valence-corrected chi connectivity index (χ1v) is 7.63. The van der Waals surface area contributed by atoms with Gasteiger partial charge in [0.1, 0.15) is 0 Å². The summed E-state index contributed by atoms with van der Waals surface area (Å²) in [5.41, 5.74) is 3.48. The molecule has 0 radical (unpaired) electrons. The van der Waals surface area contributed by atoms with Crippen molar-refractivity contribution in [3.63, 3.8) is 0 Å². The molecule has 24 heavy (non-hydrogen) atoms. The number of anilines is 2. The number of rotatable bonds is 2. The Hall–Kier alpha value is -3.02. The topological polar surface area (TPSA) is 87.1 Å². The maximum atomic E-state index is 12.1. The standard InChI is InChI=1S/C18H19N3O3/c1-18(2,3)11-4-6-12(7-5-11)19-16(22)20-13-8-9-14-15(10-13)24-17(23)21-14/h4-10H,1-3H3,(H,21,23)(H2,19,20,22). The van der Waals surface area contributed by atoms with Crippen LogP contribution in [-0.4, -0.2) is 11.0 Å². The second-order valence-electron chi connectivity index (χ2n) is 6.63. The van der Waals surface area contributed by atoms with Crippen LogP contribution in [0, 0.1) is 0 Å². The molecule has 0 unspecified atom stereocenters. The first kappa shape index (κ1) is 15.9. The van der Waals surface area contributed by atoms with Gasteiger partial charge in [-0.05, 0) is 35.2 Å². The Morgan fingerprint density at radius 1 is 1.00 bits per heavy atom. The fourth-order valence-corrected chi connectivity index (χ4v) is 2.37. The van der Waals surface area contributed by atoms with Gasteiger partial charge in [0.2, 0.25) is 0 Å². The summed E-state index contributed by atoms with van der Waals surface area (Å²) in [6, 6.07) is 12.3. The molecule has 2 aromatic carbocycles. The minimum Gasteiger partial charge on any atom is -0.408 e. The number of carbonyl (C=O) groups excluding carboxylic acids is 1. The van der Waals surface area contributed by atoms with E-state index in [4.69, 9.17) is 4.42 Å². The number of benzene rings is 2. The normalized spacial score (nSPS) is 11.5. The summed E-state index contributed by atoms with van der Waals surface area (Å²) >= 11 is 0. The van der Waals surface area contributed by atoms with Gasteiger partial charge in [0, 0.05) is 17.4 Å². The van der Waals surface area contributed by atoms with E-state index in [1.165, 1.54) is 5.56 Å². The Bertz CT molecular complexity index is 931.